The molecule has 7 nitrogen and oxygen atoms in total. The second-order valence-electron chi connectivity index (χ2n) is 7.50. The molecule has 1 aromatic heterocycles. The Morgan fingerprint density at radius 2 is 1.81 bits per heavy atom. The van der Waals surface area contributed by atoms with E-state index >= 15 is 0 Å². The van der Waals surface area contributed by atoms with Gasteiger partial charge in [-0.05, 0) is 62.0 Å². The normalized spacial score (nSPS) is 12.2. The van der Waals surface area contributed by atoms with Crippen molar-refractivity contribution >= 4 is 29.9 Å². The zero-order chi connectivity index (χ0) is 22.1. The maximum absolute atomic E-state index is 5.27. The van der Waals surface area contributed by atoms with Crippen LogP contribution in [0.5, 0.6) is 5.75 Å². The molecular formula is C24H33IN6O. The molecule has 2 aromatic carbocycles. The molecule has 1 heterocycles. The topological polar surface area (TPSA) is 66.7 Å². The molecule has 172 valence electrons. The molecule has 2 N–H and O–H groups in total. The number of hydrogen-bond acceptors (Lipinski definition) is 4. The SMILES string of the molecule is CN=C(NCCc1ccc(-n2cccn2)cc1)NCC(c1ccc(OC)cc1)N(C)C.I. The Morgan fingerprint density at radius 3 is 2.38 bits per heavy atom. The smallest absolute Gasteiger partial charge is 0.191 e. The summed E-state index contributed by atoms with van der Waals surface area (Å²) in [4.78, 5) is 6.56. The van der Waals surface area contributed by atoms with Crippen molar-refractivity contribution in [2.45, 2.75) is 12.5 Å². The molecule has 0 aliphatic heterocycles. The van der Waals surface area contributed by atoms with Crippen LogP contribution < -0.4 is 15.4 Å². The van der Waals surface area contributed by atoms with E-state index in [2.05, 4.69) is 76.1 Å². The van der Waals surface area contributed by atoms with E-state index in [1.807, 2.05) is 29.1 Å². The van der Waals surface area contributed by atoms with Crippen molar-refractivity contribution in [2.75, 3.05) is 41.3 Å². The van der Waals surface area contributed by atoms with E-state index in [0.29, 0.717) is 0 Å². The first-order valence-electron chi connectivity index (χ1n) is 10.4. The quantitative estimate of drug-likeness (QED) is 0.244. The summed E-state index contributed by atoms with van der Waals surface area (Å²) in [5, 5.41) is 11.1. The number of guanidine groups is 1. The van der Waals surface area contributed by atoms with E-state index in [0.717, 1.165) is 36.9 Å². The number of rotatable bonds is 9. The molecule has 1 unspecified atom stereocenters. The van der Waals surface area contributed by atoms with E-state index in [4.69, 9.17) is 4.74 Å². The van der Waals surface area contributed by atoms with Crippen LogP contribution >= 0.6 is 24.0 Å². The third kappa shape index (κ3) is 7.23. The molecule has 0 fully saturated rings. The average molecular weight is 548 g/mol. The Morgan fingerprint density at radius 1 is 1.09 bits per heavy atom. The number of likely N-dealkylation sites (N-methyl/N-ethyl adjacent to an activating group) is 1. The molecule has 3 rings (SSSR count). The number of nitrogens with one attached hydrogen (secondary N) is 2. The highest BCUT2D eigenvalue weighted by molar-refractivity contribution is 14.0. The first-order chi connectivity index (χ1) is 15.1. The summed E-state index contributed by atoms with van der Waals surface area (Å²) < 4.78 is 7.13. The van der Waals surface area contributed by atoms with Gasteiger partial charge in [0, 0.05) is 32.5 Å². The van der Waals surface area contributed by atoms with Crippen LogP contribution in [-0.2, 0) is 6.42 Å². The molecule has 32 heavy (non-hydrogen) atoms. The van der Waals surface area contributed by atoms with Crippen molar-refractivity contribution in [1.29, 1.82) is 0 Å². The number of nitrogens with zero attached hydrogens (tertiary/aromatic N) is 4. The fraction of sp³-hybridized carbons (Fsp3) is 0.333. The summed E-state index contributed by atoms with van der Waals surface area (Å²) in [6.45, 7) is 1.55. The van der Waals surface area contributed by atoms with Crippen LogP contribution in [0.15, 0.2) is 72.0 Å². The Bertz CT molecular complexity index is 940. The highest BCUT2D eigenvalue weighted by Crippen LogP contribution is 2.20. The van der Waals surface area contributed by atoms with Gasteiger partial charge in [0.2, 0.25) is 0 Å². The molecule has 0 saturated carbocycles. The number of ether oxygens (including phenoxy) is 1. The zero-order valence-electron chi connectivity index (χ0n) is 19.2. The maximum atomic E-state index is 5.27. The fourth-order valence-electron chi connectivity index (χ4n) is 3.40. The largest absolute Gasteiger partial charge is 0.497 e. The lowest BCUT2D eigenvalue weighted by molar-refractivity contribution is 0.298. The monoisotopic (exact) mass is 548 g/mol. The van der Waals surface area contributed by atoms with Crippen molar-refractivity contribution in [3.63, 3.8) is 0 Å². The molecule has 0 bridgehead atoms. The van der Waals surface area contributed by atoms with E-state index < -0.39 is 0 Å². The summed E-state index contributed by atoms with van der Waals surface area (Å²) in [7, 11) is 7.65. The Hall–Kier alpha value is -2.59. The van der Waals surface area contributed by atoms with Gasteiger partial charge in [0.15, 0.2) is 5.96 Å². The lowest BCUT2D eigenvalue weighted by Gasteiger charge is -2.26. The standard InChI is InChI=1S/C24H32N6O.HI/c1-25-24(27-18-23(29(2)3)20-8-12-22(31-4)13-9-20)26-16-14-19-6-10-21(11-7-19)30-17-5-15-28-30;/h5-13,15,17,23H,14,16,18H2,1-4H3,(H2,25,26,27);1H. The first kappa shape index (κ1) is 25.7. The third-order valence-corrected chi connectivity index (χ3v) is 5.22. The summed E-state index contributed by atoms with van der Waals surface area (Å²) in [6.07, 6.45) is 4.64. The number of aliphatic imine (C=N–C) groups is 1. The van der Waals surface area contributed by atoms with Crippen LogP contribution in [0.3, 0.4) is 0 Å². The van der Waals surface area contributed by atoms with Crippen LogP contribution in [0, 0.1) is 0 Å². The molecule has 3 aromatic rings. The Kier molecular flexibility index (Phi) is 10.5. The number of aromatic nitrogens is 2. The second-order valence-corrected chi connectivity index (χ2v) is 7.50. The summed E-state index contributed by atoms with van der Waals surface area (Å²) >= 11 is 0. The Balaban J connectivity index is 0.00000363. The molecule has 0 spiro atoms. The Labute approximate surface area is 207 Å². The predicted molar refractivity (Wildman–Crippen MR) is 141 cm³/mol. The van der Waals surface area contributed by atoms with Gasteiger partial charge in [-0.25, -0.2) is 4.68 Å². The van der Waals surface area contributed by atoms with Crippen LogP contribution in [0.25, 0.3) is 5.69 Å². The molecule has 0 radical (unpaired) electrons. The van der Waals surface area contributed by atoms with Crippen molar-refractivity contribution < 1.29 is 4.74 Å². The van der Waals surface area contributed by atoms with E-state index in [1.165, 1.54) is 11.1 Å². The van der Waals surface area contributed by atoms with Gasteiger partial charge >= 0.3 is 0 Å². The van der Waals surface area contributed by atoms with E-state index in [-0.39, 0.29) is 30.0 Å². The van der Waals surface area contributed by atoms with Gasteiger partial charge in [-0.2, -0.15) is 5.10 Å². The molecule has 1 atom stereocenters. The van der Waals surface area contributed by atoms with Gasteiger partial charge in [0.05, 0.1) is 18.8 Å². The van der Waals surface area contributed by atoms with Crippen molar-refractivity contribution in [1.82, 2.24) is 25.3 Å². The highest BCUT2D eigenvalue weighted by atomic mass is 127. The summed E-state index contributed by atoms with van der Waals surface area (Å²) in [6, 6.07) is 18.8. The molecule has 0 aliphatic carbocycles. The van der Waals surface area contributed by atoms with Crippen LogP contribution in [-0.4, -0.2) is 62.0 Å². The van der Waals surface area contributed by atoms with Crippen LogP contribution in [0.4, 0.5) is 0 Å². The summed E-state index contributed by atoms with van der Waals surface area (Å²) in [5.41, 5.74) is 3.56. The van der Waals surface area contributed by atoms with Crippen LogP contribution in [0.1, 0.15) is 17.2 Å². The number of methoxy groups -OCH3 is 1. The number of benzene rings is 2. The van der Waals surface area contributed by atoms with Crippen molar-refractivity contribution in [3.8, 4) is 11.4 Å². The van der Waals surface area contributed by atoms with Gasteiger partial charge in [0.1, 0.15) is 5.75 Å². The van der Waals surface area contributed by atoms with Crippen molar-refractivity contribution in [2.24, 2.45) is 4.99 Å². The van der Waals surface area contributed by atoms with Gasteiger partial charge in [-0.3, -0.25) is 4.99 Å². The predicted octanol–water partition coefficient (Wildman–Crippen LogP) is 3.51. The maximum Gasteiger partial charge on any atom is 0.191 e. The minimum atomic E-state index is 0. The van der Waals surface area contributed by atoms with Gasteiger partial charge < -0.3 is 20.3 Å². The minimum absolute atomic E-state index is 0. The molecular weight excluding hydrogens is 515 g/mol. The van der Waals surface area contributed by atoms with E-state index in [1.54, 1.807) is 20.4 Å². The van der Waals surface area contributed by atoms with Gasteiger partial charge in [0.25, 0.3) is 0 Å². The highest BCUT2D eigenvalue weighted by Gasteiger charge is 2.14. The zero-order valence-corrected chi connectivity index (χ0v) is 21.5. The lowest BCUT2D eigenvalue weighted by Crippen LogP contribution is -2.42. The van der Waals surface area contributed by atoms with Crippen molar-refractivity contribution in [3.05, 3.63) is 78.1 Å². The fourth-order valence-corrected chi connectivity index (χ4v) is 3.40. The average Bonchev–Trinajstić information content (AvgIpc) is 3.33. The third-order valence-electron chi connectivity index (χ3n) is 5.22. The summed E-state index contributed by atoms with van der Waals surface area (Å²) in [5.74, 6) is 1.66. The lowest BCUT2D eigenvalue weighted by atomic mass is 10.1. The number of hydrogen-bond donors (Lipinski definition) is 2. The molecule has 0 saturated heterocycles. The van der Waals surface area contributed by atoms with Gasteiger partial charge in [-0.1, -0.05) is 24.3 Å². The van der Waals surface area contributed by atoms with Gasteiger partial charge in [-0.15, -0.1) is 24.0 Å². The minimum Gasteiger partial charge on any atom is -0.497 e. The molecule has 8 heteroatoms. The van der Waals surface area contributed by atoms with E-state index in [9.17, 15) is 0 Å². The number of halogens is 1. The second kappa shape index (κ2) is 13.1. The van der Waals surface area contributed by atoms with Crippen LogP contribution in [0.2, 0.25) is 0 Å². The molecule has 0 aliphatic rings. The first-order valence-corrected chi connectivity index (χ1v) is 10.4. The molecule has 0 amide bonds.